The maximum absolute atomic E-state index is 13.9. The lowest BCUT2D eigenvalue weighted by atomic mass is 10.0. The Morgan fingerprint density at radius 2 is 1.75 bits per heavy atom. The van der Waals surface area contributed by atoms with Gasteiger partial charge in [-0.25, -0.2) is 8.78 Å². The van der Waals surface area contributed by atoms with Crippen LogP contribution < -0.4 is 5.73 Å². The molecule has 0 saturated heterocycles. The van der Waals surface area contributed by atoms with Crippen LogP contribution in [0.1, 0.15) is 0 Å². The van der Waals surface area contributed by atoms with E-state index in [9.17, 15) is 8.78 Å². The van der Waals surface area contributed by atoms with E-state index in [2.05, 4.69) is 5.16 Å². The van der Waals surface area contributed by atoms with Crippen molar-refractivity contribution in [3.05, 3.63) is 60.2 Å². The van der Waals surface area contributed by atoms with Crippen molar-refractivity contribution >= 4 is 5.88 Å². The van der Waals surface area contributed by atoms with Gasteiger partial charge in [-0.2, -0.15) is 0 Å². The van der Waals surface area contributed by atoms with Crippen molar-refractivity contribution in [3.63, 3.8) is 0 Å². The number of nitrogen functional groups attached to an aromatic ring is 1. The number of rotatable bonds is 2. The van der Waals surface area contributed by atoms with Gasteiger partial charge in [-0.3, -0.25) is 0 Å². The number of anilines is 1. The Hall–Kier alpha value is -2.69. The smallest absolute Gasteiger partial charge is 0.230 e. The standard InChI is InChI=1S/C15H10F2N2O/c16-10-6-7-12(17)11(8-10)14-13(15(18)20-19-14)9-4-2-1-3-5-9/h1-8H,18H2. The molecule has 0 unspecified atom stereocenters. The van der Waals surface area contributed by atoms with Crippen LogP contribution in [0.3, 0.4) is 0 Å². The molecule has 0 atom stereocenters. The van der Waals surface area contributed by atoms with Crippen molar-refractivity contribution in [1.29, 1.82) is 0 Å². The summed E-state index contributed by atoms with van der Waals surface area (Å²) < 4.78 is 32.1. The third-order valence-electron chi connectivity index (χ3n) is 2.96. The Morgan fingerprint density at radius 1 is 1.00 bits per heavy atom. The SMILES string of the molecule is Nc1onc(-c2cc(F)ccc2F)c1-c1ccccc1. The summed E-state index contributed by atoms with van der Waals surface area (Å²) in [6.07, 6.45) is 0. The number of halogens is 2. The summed E-state index contributed by atoms with van der Waals surface area (Å²) in [7, 11) is 0. The normalized spacial score (nSPS) is 10.7. The molecule has 0 aliphatic carbocycles. The van der Waals surface area contributed by atoms with E-state index in [-0.39, 0.29) is 17.1 Å². The number of hydrogen-bond donors (Lipinski definition) is 1. The summed E-state index contributed by atoms with van der Waals surface area (Å²) in [6.45, 7) is 0. The molecule has 0 aliphatic rings. The number of nitrogens with two attached hydrogens (primary N) is 1. The predicted molar refractivity (Wildman–Crippen MR) is 71.7 cm³/mol. The highest BCUT2D eigenvalue weighted by atomic mass is 19.1. The first-order chi connectivity index (χ1) is 9.66. The average molecular weight is 272 g/mol. The second kappa shape index (κ2) is 4.77. The van der Waals surface area contributed by atoms with Gasteiger partial charge in [0.25, 0.3) is 0 Å². The van der Waals surface area contributed by atoms with Gasteiger partial charge in [-0.05, 0) is 23.8 Å². The number of hydrogen-bond acceptors (Lipinski definition) is 3. The van der Waals surface area contributed by atoms with Crippen LogP contribution in [0.25, 0.3) is 22.4 Å². The van der Waals surface area contributed by atoms with E-state index in [1.165, 1.54) is 0 Å². The van der Waals surface area contributed by atoms with E-state index < -0.39 is 11.6 Å². The third kappa shape index (κ3) is 2.03. The van der Waals surface area contributed by atoms with Crippen LogP contribution in [0.15, 0.2) is 53.1 Å². The molecule has 3 aromatic rings. The second-order valence-corrected chi connectivity index (χ2v) is 4.26. The Kier molecular flexibility index (Phi) is 2.95. The summed E-state index contributed by atoms with van der Waals surface area (Å²) in [4.78, 5) is 0. The lowest BCUT2D eigenvalue weighted by molar-refractivity contribution is 0.439. The Bertz CT molecular complexity index is 754. The Balaban J connectivity index is 2.24. The minimum atomic E-state index is -0.586. The fraction of sp³-hybridized carbons (Fsp3) is 0. The highest BCUT2D eigenvalue weighted by Crippen LogP contribution is 2.37. The van der Waals surface area contributed by atoms with Gasteiger partial charge in [-0.1, -0.05) is 35.5 Å². The van der Waals surface area contributed by atoms with Gasteiger partial charge in [0.05, 0.1) is 5.56 Å². The van der Waals surface area contributed by atoms with Crippen LogP contribution in [0.2, 0.25) is 0 Å². The molecule has 2 N–H and O–H groups in total. The van der Waals surface area contributed by atoms with Gasteiger partial charge in [0.1, 0.15) is 17.3 Å². The molecular formula is C15H10F2N2O. The third-order valence-corrected chi connectivity index (χ3v) is 2.96. The molecule has 3 rings (SSSR count). The topological polar surface area (TPSA) is 52.0 Å². The number of nitrogens with zero attached hydrogens (tertiary/aromatic N) is 1. The van der Waals surface area contributed by atoms with Crippen molar-refractivity contribution in [2.75, 3.05) is 5.73 Å². The lowest BCUT2D eigenvalue weighted by Crippen LogP contribution is -1.91. The monoisotopic (exact) mass is 272 g/mol. The van der Waals surface area contributed by atoms with Crippen LogP contribution in [-0.2, 0) is 0 Å². The first kappa shape index (κ1) is 12.3. The van der Waals surface area contributed by atoms with Gasteiger partial charge in [0.2, 0.25) is 5.88 Å². The predicted octanol–water partition coefficient (Wildman–Crippen LogP) is 3.87. The van der Waals surface area contributed by atoms with Crippen molar-refractivity contribution < 1.29 is 13.3 Å². The molecular weight excluding hydrogens is 262 g/mol. The molecule has 3 nitrogen and oxygen atoms in total. The summed E-state index contributed by atoms with van der Waals surface area (Å²) in [5.74, 6) is -1.08. The Labute approximate surface area is 113 Å². The van der Waals surface area contributed by atoms with E-state index in [1.54, 1.807) is 12.1 Å². The fourth-order valence-electron chi connectivity index (χ4n) is 2.05. The van der Waals surface area contributed by atoms with E-state index in [4.69, 9.17) is 10.3 Å². The first-order valence-corrected chi connectivity index (χ1v) is 5.93. The zero-order chi connectivity index (χ0) is 14.1. The highest BCUT2D eigenvalue weighted by molar-refractivity contribution is 5.86. The number of benzene rings is 2. The minimum Gasteiger partial charge on any atom is -0.367 e. The lowest BCUT2D eigenvalue weighted by Gasteiger charge is -2.04. The zero-order valence-corrected chi connectivity index (χ0v) is 10.3. The molecule has 0 bridgehead atoms. The molecule has 0 amide bonds. The van der Waals surface area contributed by atoms with Gasteiger partial charge < -0.3 is 10.3 Å². The quantitative estimate of drug-likeness (QED) is 0.770. The van der Waals surface area contributed by atoms with Crippen LogP contribution in [0, 0.1) is 11.6 Å². The maximum atomic E-state index is 13.9. The average Bonchev–Trinajstić information content (AvgIpc) is 2.84. The van der Waals surface area contributed by atoms with Crippen molar-refractivity contribution in [2.24, 2.45) is 0 Å². The molecule has 2 aromatic carbocycles. The van der Waals surface area contributed by atoms with Crippen LogP contribution in [-0.4, -0.2) is 5.16 Å². The fourth-order valence-corrected chi connectivity index (χ4v) is 2.05. The van der Waals surface area contributed by atoms with Gasteiger partial charge in [-0.15, -0.1) is 0 Å². The highest BCUT2D eigenvalue weighted by Gasteiger charge is 2.20. The molecule has 1 heterocycles. The van der Waals surface area contributed by atoms with Crippen LogP contribution in [0.4, 0.5) is 14.7 Å². The largest absolute Gasteiger partial charge is 0.367 e. The van der Waals surface area contributed by atoms with Crippen molar-refractivity contribution in [2.45, 2.75) is 0 Å². The number of aromatic nitrogens is 1. The molecule has 0 aliphatic heterocycles. The zero-order valence-electron chi connectivity index (χ0n) is 10.3. The molecule has 20 heavy (non-hydrogen) atoms. The summed E-state index contributed by atoms with van der Waals surface area (Å²) in [5, 5.41) is 3.76. The van der Waals surface area contributed by atoms with Crippen LogP contribution >= 0.6 is 0 Å². The van der Waals surface area contributed by atoms with E-state index >= 15 is 0 Å². The second-order valence-electron chi connectivity index (χ2n) is 4.26. The van der Waals surface area contributed by atoms with E-state index in [0.717, 1.165) is 23.8 Å². The van der Waals surface area contributed by atoms with E-state index in [1.807, 2.05) is 18.2 Å². The molecule has 0 spiro atoms. The molecule has 0 saturated carbocycles. The summed E-state index contributed by atoms with van der Waals surface area (Å²) >= 11 is 0. The van der Waals surface area contributed by atoms with Crippen molar-refractivity contribution in [1.82, 2.24) is 5.16 Å². The van der Waals surface area contributed by atoms with Crippen LogP contribution in [0.5, 0.6) is 0 Å². The molecule has 100 valence electrons. The molecule has 1 aromatic heterocycles. The van der Waals surface area contributed by atoms with E-state index in [0.29, 0.717) is 5.56 Å². The molecule has 0 fully saturated rings. The molecule has 0 radical (unpaired) electrons. The summed E-state index contributed by atoms with van der Waals surface area (Å²) in [5.41, 5.74) is 7.14. The summed E-state index contributed by atoms with van der Waals surface area (Å²) in [6, 6.07) is 12.2. The Morgan fingerprint density at radius 3 is 2.50 bits per heavy atom. The van der Waals surface area contributed by atoms with Gasteiger partial charge >= 0.3 is 0 Å². The maximum Gasteiger partial charge on any atom is 0.230 e. The van der Waals surface area contributed by atoms with Gasteiger partial charge in [0.15, 0.2) is 0 Å². The van der Waals surface area contributed by atoms with Crippen molar-refractivity contribution in [3.8, 4) is 22.4 Å². The van der Waals surface area contributed by atoms with Gasteiger partial charge in [0, 0.05) is 5.56 Å². The molecule has 5 heteroatoms. The first-order valence-electron chi connectivity index (χ1n) is 5.93. The minimum absolute atomic E-state index is 0.0179.